The summed E-state index contributed by atoms with van der Waals surface area (Å²) in [5, 5.41) is 9.33. The summed E-state index contributed by atoms with van der Waals surface area (Å²) in [4.78, 5) is 0. The first-order valence-electron chi connectivity index (χ1n) is 6.48. The molecule has 1 heterocycles. The summed E-state index contributed by atoms with van der Waals surface area (Å²) in [6.07, 6.45) is 0. The van der Waals surface area contributed by atoms with Crippen molar-refractivity contribution in [3.8, 4) is 5.75 Å². The molecule has 0 aromatic heterocycles. The van der Waals surface area contributed by atoms with Gasteiger partial charge in [0.05, 0.1) is 25.2 Å². The minimum Gasteiger partial charge on any atom is -0.493 e. The molecule has 0 saturated carbocycles. The molecule has 100 valence electrons. The number of hydrogen-bond acceptors (Lipinski definition) is 3. The molecule has 0 spiro atoms. The molecule has 0 unspecified atom stereocenters. The predicted octanol–water partition coefficient (Wildman–Crippen LogP) is 2.51. The van der Waals surface area contributed by atoms with Crippen molar-refractivity contribution in [3.63, 3.8) is 0 Å². The van der Waals surface area contributed by atoms with Crippen LogP contribution in [0.1, 0.15) is 30.9 Å². The predicted molar refractivity (Wildman–Crippen MR) is 71.1 cm³/mol. The highest BCUT2D eigenvalue weighted by atomic mass is 16.5. The maximum Gasteiger partial charge on any atom is 0.119 e. The quantitative estimate of drug-likeness (QED) is 0.872. The van der Waals surface area contributed by atoms with Gasteiger partial charge in [-0.05, 0) is 36.1 Å². The summed E-state index contributed by atoms with van der Waals surface area (Å²) >= 11 is 0. The SMILES string of the molecule is Cc1cc(OCC2(CO)COC2)ccc1C(C)C. The van der Waals surface area contributed by atoms with Gasteiger partial charge in [-0.15, -0.1) is 0 Å². The maximum absolute atomic E-state index is 9.33. The summed E-state index contributed by atoms with van der Waals surface area (Å²) in [6, 6.07) is 6.20. The molecule has 1 aliphatic rings. The van der Waals surface area contributed by atoms with Crippen LogP contribution in [-0.4, -0.2) is 31.5 Å². The van der Waals surface area contributed by atoms with E-state index >= 15 is 0 Å². The summed E-state index contributed by atoms with van der Waals surface area (Å²) in [5.74, 6) is 1.40. The topological polar surface area (TPSA) is 38.7 Å². The van der Waals surface area contributed by atoms with Gasteiger partial charge in [0.2, 0.25) is 0 Å². The second kappa shape index (κ2) is 5.29. The van der Waals surface area contributed by atoms with Gasteiger partial charge in [0.15, 0.2) is 0 Å². The highest BCUT2D eigenvalue weighted by Crippen LogP contribution is 2.29. The fourth-order valence-electron chi connectivity index (χ4n) is 2.23. The van der Waals surface area contributed by atoms with Gasteiger partial charge in [0, 0.05) is 0 Å². The summed E-state index contributed by atoms with van der Waals surface area (Å²) in [5.41, 5.74) is 2.42. The van der Waals surface area contributed by atoms with Gasteiger partial charge in [-0.3, -0.25) is 0 Å². The highest BCUT2D eigenvalue weighted by Gasteiger charge is 2.39. The zero-order valence-corrected chi connectivity index (χ0v) is 11.4. The van der Waals surface area contributed by atoms with E-state index in [0.717, 1.165) is 5.75 Å². The van der Waals surface area contributed by atoms with Crippen LogP contribution in [0.4, 0.5) is 0 Å². The zero-order valence-electron chi connectivity index (χ0n) is 11.4. The molecular weight excluding hydrogens is 228 g/mol. The second-order valence-electron chi connectivity index (χ2n) is 5.61. The third-order valence-electron chi connectivity index (χ3n) is 3.56. The Balaban J connectivity index is 2.00. The van der Waals surface area contributed by atoms with Crippen LogP contribution in [0, 0.1) is 12.3 Å². The van der Waals surface area contributed by atoms with E-state index in [2.05, 4.69) is 32.9 Å². The van der Waals surface area contributed by atoms with E-state index in [0.29, 0.717) is 25.7 Å². The fraction of sp³-hybridized carbons (Fsp3) is 0.600. The number of aryl methyl sites for hydroxylation is 1. The Kier molecular flexibility index (Phi) is 3.93. The van der Waals surface area contributed by atoms with Crippen LogP contribution >= 0.6 is 0 Å². The lowest BCUT2D eigenvalue weighted by molar-refractivity contribution is -0.153. The van der Waals surface area contributed by atoms with E-state index in [-0.39, 0.29) is 12.0 Å². The van der Waals surface area contributed by atoms with Crippen molar-refractivity contribution in [2.24, 2.45) is 5.41 Å². The van der Waals surface area contributed by atoms with Crippen LogP contribution < -0.4 is 4.74 Å². The van der Waals surface area contributed by atoms with Gasteiger partial charge in [0.1, 0.15) is 12.4 Å². The van der Waals surface area contributed by atoms with Crippen LogP contribution in [0.3, 0.4) is 0 Å². The van der Waals surface area contributed by atoms with E-state index in [1.165, 1.54) is 11.1 Å². The molecule has 0 aliphatic carbocycles. The number of aliphatic hydroxyl groups is 1. The van der Waals surface area contributed by atoms with Crippen molar-refractivity contribution >= 4 is 0 Å². The average Bonchev–Trinajstić information content (AvgIpc) is 2.27. The van der Waals surface area contributed by atoms with E-state index in [1.54, 1.807) is 0 Å². The first kappa shape index (κ1) is 13.4. The van der Waals surface area contributed by atoms with E-state index in [4.69, 9.17) is 9.47 Å². The molecule has 1 aliphatic heterocycles. The third-order valence-corrected chi connectivity index (χ3v) is 3.56. The Labute approximate surface area is 109 Å². The molecule has 1 saturated heterocycles. The van der Waals surface area contributed by atoms with Crippen molar-refractivity contribution in [2.45, 2.75) is 26.7 Å². The van der Waals surface area contributed by atoms with Gasteiger partial charge in [-0.25, -0.2) is 0 Å². The van der Waals surface area contributed by atoms with E-state index in [9.17, 15) is 5.11 Å². The summed E-state index contributed by atoms with van der Waals surface area (Å²) in [7, 11) is 0. The lowest BCUT2D eigenvalue weighted by atomic mass is 9.88. The molecule has 3 heteroatoms. The lowest BCUT2D eigenvalue weighted by Gasteiger charge is -2.39. The van der Waals surface area contributed by atoms with Crippen molar-refractivity contribution in [2.75, 3.05) is 26.4 Å². The Morgan fingerprint density at radius 2 is 2.11 bits per heavy atom. The largest absolute Gasteiger partial charge is 0.493 e. The molecule has 3 nitrogen and oxygen atoms in total. The van der Waals surface area contributed by atoms with E-state index < -0.39 is 0 Å². The Hall–Kier alpha value is -1.06. The number of aliphatic hydroxyl groups excluding tert-OH is 1. The molecule has 1 N–H and O–H groups in total. The van der Waals surface area contributed by atoms with Crippen LogP contribution in [0.25, 0.3) is 0 Å². The van der Waals surface area contributed by atoms with Crippen molar-refractivity contribution in [3.05, 3.63) is 29.3 Å². The molecule has 0 atom stereocenters. The first-order valence-corrected chi connectivity index (χ1v) is 6.48. The second-order valence-corrected chi connectivity index (χ2v) is 5.61. The minimum absolute atomic E-state index is 0.121. The molecule has 1 aromatic carbocycles. The zero-order chi connectivity index (χ0) is 13.2. The Bertz CT molecular complexity index is 403. The molecule has 0 amide bonds. The molecule has 18 heavy (non-hydrogen) atoms. The van der Waals surface area contributed by atoms with Crippen molar-refractivity contribution < 1.29 is 14.6 Å². The number of rotatable bonds is 5. The molecule has 0 bridgehead atoms. The van der Waals surface area contributed by atoms with Crippen LogP contribution in [0.5, 0.6) is 5.75 Å². The van der Waals surface area contributed by atoms with Gasteiger partial charge >= 0.3 is 0 Å². The maximum atomic E-state index is 9.33. The van der Waals surface area contributed by atoms with Crippen LogP contribution in [0.15, 0.2) is 18.2 Å². The van der Waals surface area contributed by atoms with Gasteiger partial charge in [0.25, 0.3) is 0 Å². The van der Waals surface area contributed by atoms with Crippen LogP contribution in [0.2, 0.25) is 0 Å². The Morgan fingerprint density at radius 1 is 1.39 bits per heavy atom. The monoisotopic (exact) mass is 250 g/mol. The smallest absolute Gasteiger partial charge is 0.119 e. The average molecular weight is 250 g/mol. The third kappa shape index (κ3) is 2.68. The highest BCUT2D eigenvalue weighted by molar-refractivity contribution is 5.36. The minimum atomic E-state index is -0.190. The summed E-state index contributed by atoms with van der Waals surface area (Å²) in [6.45, 7) is 8.31. The van der Waals surface area contributed by atoms with Gasteiger partial charge in [-0.2, -0.15) is 0 Å². The molecular formula is C15H22O3. The fourth-order valence-corrected chi connectivity index (χ4v) is 2.23. The van der Waals surface area contributed by atoms with Crippen LogP contribution in [-0.2, 0) is 4.74 Å². The van der Waals surface area contributed by atoms with Gasteiger partial charge < -0.3 is 14.6 Å². The number of benzene rings is 1. The standard InChI is InChI=1S/C15H22O3/c1-11(2)14-5-4-13(6-12(14)3)18-10-15(7-16)8-17-9-15/h4-6,11,16H,7-10H2,1-3H3. The molecule has 0 radical (unpaired) electrons. The van der Waals surface area contributed by atoms with Gasteiger partial charge in [-0.1, -0.05) is 19.9 Å². The number of hydrogen-bond donors (Lipinski definition) is 1. The van der Waals surface area contributed by atoms with Crippen molar-refractivity contribution in [1.82, 2.24) is 0 Å². The van der Waals surface area contributed by atoms with E-state index in [1.807, 2.05) is 6.07 Å². The molecule has 1 fully saturated rings. The first-order chi connectivity index (χ1) is 8.56. The Morgan fingerprint density at radius 3 is 2.56 bits per heavy atom. The lowest BCUT2D eigenvalue weighted by Crippen LogP contribution is -2.49. The van der Waals surface area contributed by atoms with Crippen molar-refractivity contribution in [1.29, 1.82) is 0 Å². The normalized spacial score (nSPS) is 17.6. The molecule has 1 aromatic rings. The number of ether oxygens (including phenoxy) is 2. The summed E-state index contributed by atoms with van der Waals surface area (Å²) < 4.78 is 10.9. The molecule has 2 rings (SSSR count).